The lowest BCUT2D eigenvalue weighted by Gasteiger charge is -2.28. The summed E-state index contributed by atoms with van der Waals surface area (Å²) in [5, 5.41) is 8.92. The molecular weight excluding hydrogens is 314 g/mol. The molecule has 2 N–H and O–H groups in total. The van der Waals surface area contributed by atoms with Crippen molar-refractivity contribution in [3.05, 3.63) is 11.2 Å². The molecule has 0 aromatic carbocycles. The molecule has 0 saturated carbocycles. The second kappa shape index (κ2) is 6.82. The van der Waals surface area contributed by atoms with Crippen LogP contribution in [0.2, 0.25) is 0 Å². The van der Waals surface area contributed by atoms with Gasteiger partial charge in [0.15, 0.2) is 9.90 Å². The molecule has 0 unspecified atom stereocenters. The van der Waals surface area contributed by atoms with E-state index in [9.17, 15) is 13.2 Å². The number of nitrogens with zero attached hydrogens (tertiary/aromatic N) is 2. The van der Waals surface area contributed by atoms with Crippen molar-refractivity contribution in [3.8, 4) is 0 Å². The normalized spacial score (nSPS) is 18.0. The Labute approximate surface area is 128 Å². The summed E-state index contributed by atoms with van der Waals surface area (Å²) >= 11 is 0.822. The van der Waals surface area contributed by atoms with E-state index in [1.54, 1.807) is 0 Å². The molecule has 1 fully saturated rings. The molecular formula is C12H19N3O4S2. The van der Waals surface area contributed by atoms with Crippen molar-refractivity contribution in [2.75, 3.05) is 26.7 Å². The molecule has 0 aliphatic carbocycles. The number of carboxylic acids is 1. The summed E-state index contributed by atoms with van der Waals surface area (Å²) in [6, 6.07) is 0. The monoisotopic (exact) mass is 333 g/mol. The third-order valence-corrected chi connectivity index (χ3v) is 6.50. The van der Waals surface area contributed by atoms with Crippen LogP contribution in [0.5, 0.6) is 0 Å². The molecule has 1 saturated heterocycles. The van der Waals surface area contributed by atoms with Crippen LogP contribution in [0.1, 0.15) is 29.8 Å². The summed E-state index contributed by atoms with van der Waals surface area (Å²) in [6.45, 7) is 2.40. The zero-order valence-corrected chi connectivity index (χ0v) is 13.4. The number of nitrogens with one attached hydrogen (secondary N) is 1. The second-order valence-electron chi connectivity index (χ2n) is 5.23. The van der Waals surface area contributed by atoms with Gasteiger partial charge in [-0.25, -0.2) is 22.9 Å². The third-order valence-electron chi connectivity index (χ3n) is 3.66. The lowest BCUT2D eigenvalue weighted by molar-refractivity contribution is 0.0687. The van der Waals surface area contributed by atoms with Crippen molar-refractivity contribution >= 4 is 27.3 Å². The van der Waals surface area contributed by atoms with Gasteiger partial charge in [0.25, 0.3) is 10.0 Å². The maximum absolute atomic E-state index is 12.1. The smallest absolute Gasteiger partial charge is 0.356 e. The van der Waals surface area contributed by atoms with Gasteiger partial charge in [-0.1, -0.05) is 0 Å². The van der Waals surface area contributed by atoms with Crippen LogP contribution in [-0.2, 0) is 10.0 Å². The van der Waals surface area contributed by atoms with Crippen LogP contribution in [0, 0.1) is 5.92 Å². The van der Waals surface area contributed by atoms with Gasteiger partial charge < -0.3 is 10.0 Å². The quantitative estimate of drug-likeness (QED) is 0.801. The summed E-state index contributed by atoms with van der Waals surface area (Å²) in [5.74, 6) is -0.809. The first-order chi connectivity index (χ1) is 9.90. The van der Waals surface area contributed by atoms with Crippen LogP contribution >= 0.6 is 11.3 Å². The highest BCUT2D eigenvalue weighted by atomic mass is 32.2. The van der Waals surface area contributed by atoms with E-state index in [0.717, 1.165) is 43.7 Å². The zero-order chi connectivity index (χ0) is 15.5. The molecule has 1 aromatic heterocycles. The number of hydrogen-bond donors (Lipinski definition) is 2. The fourth-order valence-corrected chi connectivity index (χ4v) is 4.61. The maximum Gasteiger partial charge on any atom is 0.356 e. The molecule has 0 bridgehead atoms. The Morgan fingerprint density at radius 1 is 1.52 bits per heavy atom. The average Bonchev–Trinajstić information content (AvgIpc) is 2.91. The van der Waals surface area contributed by atoms with E-state index in [1.807, 2.05) is 0 Å². The SMILES string of the molecule is CN1CCC(CCNS(=O)(=O)c2scnc2C(=O)O)CC1. The van der Waals surface area contributed by atoms with Crippen molar-refractivity contribution in [1.29, 1.82) is 0 Å². The number of sulfonamides is 1. The Morgan fingerprint density at radius 2 is 2.19 bits per heavy atom. The summed E-state index contributed by atoms with van der Waals surface area (Å²) < 4.78 is 26.5. The third kappa shape index (κ3) is 4.22. The van der Waals surface area contributed by atoms with Gasteiger partial charge in [-0.3, -0.25) is 0 Å². The van der Waals surface area contributed by atoms with E-state index in [2.05, 4.69) is 21.7 Å². The lowest BCUT2D eigenvalue weighted by atomic mass is 9.94. The molecule has 0 spiro atoms. The maximum atomic E-state index is 12.1. The van der Waals surface area contributed by atoms with Crippen LogP contribution in [0.15, 0.2) is 9.72 Å². The van der Waals surface area contributed by atoms with E-state index < -0.39 is 21.7 Å². The molecule has 1 aliphatic rings. The molecule has 7 nitrogen and oxygen atoms in total. The number of rotatable bonds is 6. The van der Waals surface area contributed by atoms with Gasteiger partial charge in [0, 0.05) is 6.54 Å². The van der Waals surface area contributed by atoms with E-state index in [4.69, 9.17) is 5.11 Å². The van der Waals surface area contributed by atoms with Crippen LogP contribution < -0.4 is 4.72 Å². The molecule has 2 heterocycles. The zero-order valence-electron chi connectivity index (χ0n) is 11.8. The first-order valence-electron chi connectivity index (χ1n) is 6.75. The summed E-state index contributed by atoms with van der Waals surface area (Å²) in [7, 11) is -1.71. The second-order valence-corrected chi connectivity index (χ2v) is 8.04. The molecule has 2 rings (SSSR count). The van der Waals surface area contributed by atoms with Crippen molar-refractivity contribution in [1.82, 2.24) is 14.6 Å². The number of piperidine rings is 1. The minimum Gasteiger partial charge on any atom is -0.476 e. The van der Waals surface area contributed by atoms with E-state index in [-0.39, 0.29) is 4.21 Å². The minimum absolute atomic E-state index is 0.224. The fourth-order valence-electron chi connectivity index (χ4n) is 2.38. The van der Waals surface area contributed by atoms with Gasteiger partial charge in [0.2, 0.25) is 0 Å². The Hall–Kier alpha value is -1.03. The standard InChI is InChI=1S/C12H19N3O4S2/c1-15-6-3-9(4-7-15)2-5-14-21(18,19)12-10(11(16)17)13-8-20-12/h8-9,14H,2-7H2,1H3,(H,16,17). The number of hydrogen-bond acceptors (Lipinski definition) is 6. The van der Waals surface area contributed by atoms with E-state index >= 15 is 0 Å². The minimum atomic E-state index is -3.79. The Balaban J connectivity index is 1.90. The summed E-state index contributed by atoms with van der Waals surface area (Å²) in [5.41, 5.74) is 0.821. The summed E-state index contributed by atoms with van der Waals surface area (Å²) in [6.07, 6.45) is 2.91. The first-order valence-corrected chi connectivity index (χ1v) is 9.11. The predicted octanol–water partition coefficient (Wildman–Crippen LogP) is 0.851. The van der Waals surface area contributed by atoms with Gasteiger partial charge in [-0.2, -0.15) is 0 Å². The average molecular weight is 333 g/mol. The predicted molar refractivity (Wildman–Crippen MR) is 79.1 cm³/mol. The molecule has 118 valence electrons. The molecule has 21 heavy (non-hydrogen) atoms. The number of aromatic nitrogens is 1. The number of aromatic carboxylic acids is 1. The molecule has 0 radical (unpaired) electrons. The molecule has 0 amide bonds. The summed E-state index contributed by atoms with van der Waals surface area (Å²) in [4.78, 5) is 16.8. The highest BCUT2D eigenvalue weighted by Crippen LogP contribution is 2.21. The van der Waals surface area contributed by atoms with E-state index in [0.29, 0.717) is 12.5 Å². The Kier molecular flexibility index (Phi) is 5.31. The highest BCUT2D eigenvalue weighted by molar-refractivity contribution is 7.91. The van der Waals surface area contributed by atoms with Crippen LogP contribution in [-0.4, -0.2) is 56.1 Å². The lowest BCUT2D eigenvalue weighted by Crippen LogP contribution is -2.32. The molecule has 0 atom stereocenters. The van der Waals surface area contributed by atoms with Gasteiger partial charge in [-0.15, -0.1) is 11.3 Å². The number of thiazole rings is 1. The highest BCUT2D eigenvalue weighted by Gasteiger charge is 2.25. The van der Waals surface area contributed by atoms with Crippen LogP contribution in [0.3, 0.4) is 0 Å². The van der Waals surface area contributed by atoms with Crippen molar-refractivity contribution in [2.24, 2.45) is 5.92 Å². The Morgan fingerprint density at radius 3 is 2.81 bits per heavy atom. The van der Waals surface area contributed by atoms with Gasteiger partial charge in [0.05, 0.1) is 5.51 Å². The molecule has 9 heteroatoms. The van der Waals surface area contributed by atoms with Crippen LogP contribution in [0.25, 0.3) is 0 Å². The van der Waals surface area contributed by atoms with Crippen molar-refractivity contribution in [3.63, 3.8) is 0 Å². The number of carboxylic acid groups (broad SMARTS) is 1. The van der Waals surface area contributed by atoms with Crippen molar-refractivity contribution in [2.45, 2.75) is 23.5 Å². The van der Waals surface area contributed by atoms with Gasteiger partial charge >= 0.3 is 5.97 Å². The van der Waals surface area contributed by atoms with Crippen LogP contribution in [0.4, 0.5) is 0 Å². The largest absolute Gasteiger partial charge is 0.476 e. The van der Waals surface area contributed by atoms with Gasteiger partial charge in [-0.05, 0) is 45.3 Å². The van der Waals surface area contributed by atoms with Crippen molar-refractivity contribution < 1.29 is 18.3 Å². The molecule has 1 aromatic rings. The Bertz CT molecular complexity index is 591. The molecule has 1 aliphatic heterocycles. The van der Waals surface area contributed by atoms with Gasteiger partial charge in [0.1, 0.15) is 0 Å². The number of carbonyl (C=O) groups is 1. The topological polar surface area (TPSA) is 99.6 Å². The first kappa shape index (κ1) is 16.3. The number of likely N-dealkylation sites (tertiary alicyclic amines) is 1. The van der Waals surface area contributed by atoms with E-state index in [1.165, 1.54) is 5.51 Å². The fraction of sp³-hybridized carbons (Fsp3) is 0.667.